The first-order valence-electron chi connectivity index (χ1n) is 8.75. The van der Waals surface area contributed by atoms with Crippen LogP contribution in [0.1, 0.15) is 32.8 Å². The molecule has 7 nitrogen and oxygen atoms in total. The van der Waals surface area contributed by atoms with E-state index in [0.29, 0.717) is 29.9 Å². The van der Waals surface area contributed by atoms with Crippen molar-refractivity contribution in [2.24, 2.45) is 0 Å². The fraction of sp³-hybridized carbons (Fsp3) is 0.316. The Morgan fingerprint density at radius 2 is 2.07 bits per heavy atom. The van der Waals surface area contributed by atoms with E-state index >= 15 is 0 Å². The molecule has 1 aromatic carbocycles. The van der Waals surface area contributed by atoms with E-state index < -0.39 is 15.3 Å². The molecule has 0 aliphatic rings. The first kappa shape index (κ1) is 18.9. The van der Waals surface area contributed by atoms with Crippen LogP contribution in [0.15, 0.2) is 42.7 Å². The molecular formula is C19H21N5O2S. The molecule has 3 rings (SSSR count). The zero-order valence-electron chi connectivity index (χ0n) is 15.5. The van der Waals surface area contributed by atoms with Crippen molar-refractivity contribution in [3.63, 3.8) is 0 Å². The second kappa shape index (κ2) is 7.37. The lowest BCUT2D eigenvalue weighted by atomic mass is 10.1. The third-order valence-electron chi connectivity index (χ3n) is 4.28. The van der Waals surface area contributed by atoms with Crippen molar-refractivity contribution in [2.45, 2.75) is 32.4 Å². The lowest BCUT2D eigenvalue weighted by Gasteiger charge is -2.26. The number of nitriles is 1. The second-order valence-corrected chi connectivity index (χ2v) is 8.87. The molecule has 0 amide bonds. The van der Waals surface area contributed by atoms with Gasteiger partial charge in [-0.2, -0.15) is 10.4 Å². The molecule has 0 saturated carbocycles. The molecule has 2 heterocycles. The predicted octanol–water partition coefficient (Wildman–Crippen LogP) is 3.22. The van der Waals surface area contributed by atoms with Gasteiger partial charge in [-0.25, -0.2) is 17.9 Å². The number of hydrogen-bond acceptors (Lipinski definition) is 5. The number of aromatic nitrogens is 3. The number of sulfonamides is 1. The van der Waals surface area contributed by atoms with E-state index in [9.17, 15) is 13.7 Å². The summed E-state index contributed by atoms with van der Waals surface area (Å²) in [5.41, 5.74) is 3.01. The zero-order valence-corrected chi connectivity index (χ0v) is 16.3. The van der Waals surface area contributed by atoms with E-state index in [-0.39, 0.29) is 0 Å². The van der Waals surface area contributed by atoms with Crippen molar-refractivity contribution >= 4 is 21.4 Å². The molecule has 0 atom stereocenters. The topological polar surface area (TPSA) is 91.4 Å². The largest absolute Gasteiger partial charge is 0.270 e. The van der Waals surface area contributed by atoms with Crippen molar-refractivity contribution in [2.75, 3.05) is 10.8 Å². The van der Waals surface area contributed by atoms with Gasteiger partial charge in [0.1, 0.15) is 11.6 Å². The number of benzene rings is 1. The molecule has 0 spiro atoms. The Morgan fingerprint density at radius 3 is 2.74 bits per heavy atom. The Bertz CT molecular complexity index is 1110. The molecule has 2 aromatic heterocycles. The summed E-state index contributed by atoms with van der Waals surface area (Å²) >= 11 is 0. The highest BCUT2D eigenvalue weighted by atomic mass is 32.2. The van der Waals surface area contributed by atoms with Gasteiger partial charge in [0.2, 0.25) is 10.0 Å². The molecule has 8 heteroatoms. The minimum atomic E-state index is -3.44. The lowest BCUT2D eigenvalue weighted by molar-refractivity contribution is 0.581. The molecular weight excluding hydrogens is 362 g/mol. The van der Waals surface area contributed by atoms with E-state index in [1.165, 1.54) is 10.5 Å². The van der Waals surface area contributed by atoms with Crippen LogP contribution < -0.4 is 4.31 Å². The summed E-state index contributed by atoms with van der Waals surface area (Å²) in [7, 11) is -3.44. The van der Waals surface area contributed by atoms with Crippen LogP contribution in [0.3, 0.4) is 0 Å². The fourth-order valence-corrected chi connectivity index (χ4v) is 4.22. The lowest BCUT2D eigenvalue weighted by Crippen LogP contribution is -2.37. The summed E-state index contributed by atoms with van der Waals surface area (Å²) in [4.78, 5) is 4.22. The molecule has 0 unspecified atom stereocenters. The minimum absolute atomic E-state index is 0.392. The quantitative estimate of drug-likeness (QED) is 0.652. The van der Waals surface area contributed by atoms with Crippen LogP contribution in [0.2, 0.25) is 0 Å². The van der Waals surface area contributed by atoms with Gasteiger partial charge in [0, 0.05) is 18.3 Å². The Kier molecular flexibility index (Phi) is 5.15. The van der Waals surface area contributed by atoms with Gasteiger partial charge in [-0.05, 0) is 38.5 Å². The van der Waals surface area contributed by atoms with E-state index in [1.54, 1.807) is 36.7 Å². The van der Waals surface area contributed by atoms with Crippen molar-refractivity contribution in [1.82, 2.24) is 14.6 Å². The first-order valence-corrected chi connectivity index (χ1v) is 10.2. The third kappa shape index (κ3) is 3.38. The number of rotatable bonds is 6. The van der Waals surface area contributed by atoms with Crippen molar-refractivity contribution in [1.29, 1.82) is 5.26 Å². The Labute approximate surface area is 158 Å². The first-order chi connectivity index (χ1) is 12.9. The van der Waals surface area contributed by atoms with Gasteiger partial charge in [-0.15, -0.1) is 0 Å². The summed E-state index contributed by atoms with van der Waals surface area (Å²) < 4.78 is 28.6. The van der Waals surface area contributed by atoms with E-state index in [2.05, 4.69) is 16.2 Å². The smallest absolute Gasteiger partial charge is 0.237 e. The Morgan fingerprint density at radius 1 is 1.30 bits per heavy atom. The molecule has 0 N–H and O–H groups in total. The van der Waals surface area contributed by atoms with Crippen molar-refractivity contribution < 1.29 is 8.42 Å². The number of fused-ring (bicyclic) bond motifs is 1. The minimum Gasteiger partial charge on any atom is -0.270 e. The average Bonchev–Trinajstić information content (AvgIpc) is 3.09. The fourth-order valence-electron chi connectivity index (χ4n) is 2.87. The van der Waals surface area contributed by atoms with Gasteiger partial charge in [0.05, 0.1) is 22.8 Å². The standard InChI is InChI=1S/C19H21N5O2S/c1-4-10-23(27(25,26)14(2)3)17-7-5-6-15(11-17)18-8-9-21-19-16(12-20)13-22-24(18)19/h5-9,11,13-14H,4,10H2,1-3H3. The van der Waals surface area contributed by atoms with Crippen LogP contribution in [0.5, 0.6) is 0 Å². The summed E-state index contributed by atoms with van der Waals surface area (Å²) in [5, 5.41) is 12.9. The van der Waals surface area contributed by atoms with Crippen LogP contribution in [0.25, 0.3) is 16.9 Å². The molecule has 0 aliphatic carbocycles. The molecule has 27 heavy (non-hydrogen) atoms. The normalized spacial score (nSPS) is 11.7. The highest BCUT2D eigenvalue weighted by molar-refractivity contribution is 7.93. The van der Waals surface area contributed by atoms with Gasteiger partial charge in [-0.1, -0.05) is 19.1 Å². The van der Waals surface area contributed by atoms with E-state index in [1.807, 2.05) is 25.1 Å². The average molecular weight is 383 g/mol. The molecule has 3 aromatic rings. The summed E-state index contributed by atoms with van der Waals surface area (Å²) in [6.07, 6.45) is 3.80. The van der Waals surface area contributed by atoms with Gasteiger partial charge in [0.15, 0.2) is 5.65 Å². The van der Waals surface area contributed by atoms with E-state index in [4.69, 9.17) is 0 Å². The maximum atomic E-state index is 12.8. The summed E-state index contributed by atoms with van der Waals surface area (Å²) in [5.74, 6) is 0. The summed E-state index contributed by atoms with van der Waals surface area (Å²) in [6.45, 7) is 5.73. The second-order valence-electron chi connectivity index (χ2n) is 6.45. The molecule has 0 radical (unpaired) electrons. The van der Waals surface area contributed by atoms with E-state index in [0.717, 1.165) is 11.3 Å². The van der Waals surface area contributed by atoms with Crippen molar-refractivity contribution in [3.8, 4) is 17.3 Å². The third-order valence-corrected chi connectivity index (χ3v) is 6.48. The molecule has 0 fully saturated rings. The van der Waals surface area contributed by atoms with Crippen LogP contribution in [-0.4, -0.2) is 34.8 Å². The van der Waals surface area contributed by atoms with Crippen LogP contribution >= 0.6 is 0 Å². The number of nitrogens with zero attached hydrogens (tertiary/aromatic N) is 5. The van der Waals surface area contributed by atoms with Crippen molar-refractivity contribution in [3.05, 3.63) is 48.3 Å². The maximum Gasteiger partial charge on any atom is 0.237 e. The summed E-state index contributed by atoms with van der Waals surface area (Å²) in [6, 6.07) is 11.2. The van der Waals surface area contributed by atoms with Gasteiger partial charge < -0.3 is 0 Å². The van der Waals surface area contributed by atoms with Gasteiger partial charge in [-0.3, -0.25) is 4.31 Å². The molecule has 0 bridgehead atoms. The number of anilines is 1. The van der Waals surface area contributed by atoms with Crippen LogP contribution in [-0.2, 0) is 10.0 Å². The van der Waals surface area contributed by atoms with Gasteiger partial charge >= 0.3 is 0 Å². The highest BCUT2D eigenvalue weighted by Gasteiger charge is 2.25. The predicted molar refractivity (Wildman–Crippen MR) is 105 cm³/mol. The SMILES string of the molecule is CCCN(c1cccc(-c2ccnc3c(C#N)cnn23)c1)S(=O)(=O)C(C)C. The van der Waals surface area contributed by atoms with Gasteiger partial charge in [0.25, 0.3) is 0 Å². The molecule has 0 saturated heterocycles. The highest BCUT2D eigenvalue weighted by Crippen LogP contribution is 2.28. The maximum absolute atomic E-state index is 12.8. The van der Waals surface area contributed by atoms with Crippen LogP contribution in [0.4, 0.5) is 5.69 Å². The monoisotopic (exact) mass is 383 g/mol. The molecule has 0 aliphatic heterocycles. The zero-order chi connectivity index (χ0) is 19.6. The van der Waals surface area contributed by atoms with Crippen LogP contribution in [0, 0.1) is 11.3 Å². The Balaban J connectivity index is 2.14. The Hall–Kier alpha value is -2.92. The molecule has 140 valence electrons. The number of hydrogen-bond donors (Lipinski definition) is 0.